The molecule has 100 valence electrons. The maximum Gasteiger partial charge on any atom is 0.341 e. The standard InChI is InChI=1S/C16H13NO3/c18-15-14(16(19)20)12-8-4-5-9-13(12)17(15)10-11-6-2-1-3-7-11/h1-9,18H,10H2,(H,19,20). The quantitative estimate of drug-likeness (QED) is 0.766. The Balaban J connectivity index is 2.20. The minimum absolute atomic E-state index is 0.0449. The lowest BCUT2D eigenvalue weighted by atomic mass is 10.2. The van der Waals surface area contributed by atoms with Crippen molar-refractivity contribution in [2.24, 2.45) is 0 Å². The van der Waals surface area contributed by atoms with E-state index in [1.54, 1.807) is 16.7 Å². The lowest BCUT2D eigenvalue weighted by Gasteiger charge is -2.07. The fourth-order valence-electron chi connectivity index (χ4n) is 2.43. The zero-order valence-electron chi connectivity index (χ0n) is 10.7. The molecule has 0 saturated heterocycles. The number of benzene rings is 2. The molecule has 0 aliphatic rings. The molecule has 20 heavy (non-hydrogen) atoms. The second-order valence-corrected chi connectivity index (χ2v) is 4.59. The van der Waals surface area contributed by atoms with Crippen LogP contribution in [0.1, 0.15) is 15.9 Å². The molecule has 0 atom stereocenters. The first-order chi connectivity index (χ1) is 9.68. The van der Waals surface area contributed by atoms with Gasteiger partial charge in [-0.05, 0) is 11.6 Å². The van der Waals surface area contributed by atoms with Gasteiger partial charge < -0.3 is 14.8 Å². The number of carboxylic acid groups (broad SMARTS) is 1. The molecule has 1 aromatic heterocycles. The Morgan fingerprint density at radius 2 is 1.65 bits per heavy atom. The normalized spacial score (nSPS) is 10.8. The van der Waals surface area contributed by atoms with Gasteiger partial charge in [0.1, 0.15) is 5.56 Å². The van der Waals surface area contributed by atoms with Gasteiger partial charge in [-0.3, -0.25) is 0 Å². The Morgan fingerprint density at radius 1 is 1.00 bits per heavy atom. The van der Waals surface area contributed by atoms with Crippen molar-refractivity contribution in [2.75, 3.05) is 0 Å². The summed E-state index contributed by atoms with van der Waals surface area (Å²) >= 11 is 0. The third-order valence-electron chi connectivity index (χ3n) is 3.34. The minimum atomic E-state index is -1.12. The summed E-state index contributed by atoms with van der Waals surface area (Å²) in [6.07, 6.45) is 0. The van der Waals surface area contributed by atoms with Crippen LogP contribution in [0.4, 0.5) is 0 Å². The smallest absolute Gasteiger partial charge is 0.341 e. The molecule has 0 spiro atoms. The third-order valence-corrected chi connectivity index (χ3v) is 3.34. The van der Waals surface area contributed by atoms with Crippen LogP contribution in [0.5, 0.6) is 5.88 Å². The van der Waals surface area contributed by atoms with Gasteiger partial charge in [-0.1, -0.05) is 48.5 Å². The van der Waals surface area contributed by atoms with Gasteiger partial charge >= 0.3 is 5.97 Å². The monoisotopic (exact) mass is 267 g/mol. The summed E-state index contributed by atoms with van der Waals surface area (Å²) in [6.45, 7) is 0.431. The first-order valence-corrected chi connectivity index (χ1v) is 6.26. The largest absolute Gasteiger partial charge is 0.494 e. The Bertz CT molecular complexity index is 775. The summed E-state index contributed by atoms with van der Waals surface area (Å²) in [4.78, 5) is 11.3. The van der Waals surface area contributed by atoms with Crippen LogP contribution in [-0.2, 0) is 6.54 Å². The Hall–Kier alpha value is -2.75. The Kier molecular flexibility index (Phi) is 2.91. The molecule has 2 N–H and O–H groups in total. The predicted octanol–water partition coefficient (Wildman–Crippen LogP) is 3.09. The van der Waals surface area contributed by atoms with Gasteiger partial charge in [0.15, 0.2) is 0 Å². The summed E-state index contributed by atoms with van der Waals surface area (Å²) in [5.41, 5.74) is 1.67. The van der Waals surface area contributed by atoms with Crippen molar-refractivity contribution < 1.29 is 15.0 Å². The van der Waals surface area contributed by atoms with Crippen molar-refractivity contribution in [1.29, 1.82) is 0 Å². The van der Waals surface area contributed by atoms with E-state index in [0.29, 0.717) is 17.4 Å². The number of fused-ring (bicyclic) bond motifs is 1. The van der Waals surface area contributed by atoms with E-state index in [0.717, 1.165) is 5.56 Å². The molecule has 0 saturated carbocycles. The summed E-state index contributed by atoms with van der Waals surface area (Å²) in [7, 11) is 0. The highest BCUT2D eigenvalue weighted by atomic mass is 16.4. The van der Waals surface area contributed by atoms with E-state index in [1.807, 2.05) is 42.5 Å². The summed E-state index contributed by atoms with van der Waals surface area (Å²) in [6, 6.07) is 16.7. The average Bonchev–Trinajstić information content (AvgIpc) is 2.73. The zero-order chi connectivity index (χ0) is 14.1. The van der Waals surface area contributed by atoms with Crippen molar-refractivity contribution >= 4 is 16.9 Å². The van der Waals surface area contributed by atoms with Gasteiger partial charge in [-0.25, -0.2) is 4.79 Å². The van der Waals surface area contributed by atoms with Gasteiger partial charge in [-0.15, -0.1) is 0 Å². The van der Waals surface area contributed by atoms with Crippen molar-refractivity contribution in [1.82, 2.24) is 4.57 Å². The number of aromatic hydroxyl groups is 1. The molecule has 0 bridgehead atoms. The molecule has 0 aliphatic heterocycles. The molecule has 1 heterocycles. The first-order valence-electron chi connectivity index (χ1n) is 6.26. The number of nitrogens with zero attached hydrogens (tertiary/aromatic N) is 1. The highest BCUT2D eigenvalue weighted by molar-refractivity contribution is 6.06. The Labute approximate surface area is 115 Å². The number of hydrogen-bond acceptors (Lipinski definition) is 2. The summed E-state index contributed by atoms with van der Waals surface area (Å²) in [5.74, 6) is -1.33. The number of carbonyl (C=O) groups is 1. The SMILES string of the molecule is O=C(O)c1c(O)n(Cc2ccccc2)c2ccccc12. The van der Waals surface area contributed by atoms with Gasteiger partial charge in [0.2, 0.25) is 5.88 Å². The van der Waals surface area contributed by atoms with E-state index in [-0.39, 0.29) is 11.4 Å². The van der Waals surface area contributed by atoms with Crippen LogP contribution in [0.2, 0.25) is 0 Å². The number of rotatable bonds is 3. The molecule has 4 heteroatoms. The van der Waals surface area contributed by atoms with Crippen molar-refractivity contribution in [3.63, 3.8) is 0 Å². The second kappa shape index (κ2) is 4.74. The van der Waals surface area contributed by atoms with Gasteiger partial charge in [-0.2, -0.15) is 0 Å². The molecule has 3 aromatic rings. The molecule has 4 nitrogen and oxygen atoms in total. The average molecular weight is 267 g/mol. The highest BCUT2D eigenvalue weighted by Gasteiger charge is 2.21. The summed E-state index contributed by atoms with van der Waals surface area (Å²) < 4.78 is 1.62. The van der Waals surface area contributed by atoms with Crippen molar-refractivity contribution in [2.45, 2.75) is 6.54 Å². The number of hydrogen-bond donors (Lipinski definition) is 2. The molecule has 0 radical (unpaired) electrons. The molecular weight excluding hydrogens is 254 g/mol. The topological polar surface area (TPSA) is 62.5 Å². The van der Waals surface area contributed by atoms with Crippen LogP contribution in [0.25, 0.3) is 10.9 Å². The third kappa shape index (κ3) is 1.91. The highest BCUT2D eigenvalue weighted by Crippen LogP contribution is 2.31. The van der Waals surface area contributed by atoms with Gasteiger partial charge in [0.05, 0.1) is 12.1 Å². The zero-order valence-corrected chi connectivity index (χ0v) is 10.7. The van der Waals surface area contributed by atoms with Crippen molar-refractivity contribution in [3.8, 4) is 5.88 Å². The molecule has 2 aromatic carbocycles. The minimum Gasteiger partial charge on any atom is -0.494 e. The van der Waals surface area contributed by atoms with Gasteiger partial charge in [0, 0.05) is 5.39 Å². The maximum absolute atomic E-state index is 11.3. The molecular formula is C16H13NO3. The number of carboxylic acids is 1. The van der Waals surface area contributed by atoms with Crippen LogP contribution < -0.4 is 0 Å². The molecule has 0 fully saturated rings. The van der Waals surface area contributed by atoms with Gasteiger partial charge in [0.25, 0.3) is 0 Å². The fourth-order valence-corrected chi connectivity index (χ4v) is 2.43. The van der Waals surface area contributed by atoms with E-state index >= 15 is 0 Å². The van der Waals surface area contributed by atoms with Crippen LogP contribution in [0.3, 0.4) is 0 Å². The van der Waals surface area contributed by atoms with E-state index in [4.69, 9.17) is 0 Å². The van der Waals surface area contributed by atoms with E-state index in [1.165, 1.54) is 0 Å². The van der Waals surface area contributed by atoms with Crippen LogP contribution >= 0.6 is 0 Å². The molecule has 0 amide bonds. The lowest BCUT2D eigenvalue weighted by molar-refractivity contribution is 0.0695. The Morgan fingerprint density at radius 3 is 2.35 bits per heavy atom. The molecule has 3 rings (SSSR count). The van der Waals surface area contributed by atoms with Crippen LogP contribution in [-0.4, -0.2) is 20.7 Å². The molecule has 0 unspecified atom stereocenters. The first kappa shape index (κ1) is 12.3. The number of para-hydroxylation sites is 1. The molecule has 0 aliphatic carbocycles. The predicted molar refractivity (Wildman–Crippen MR) is 76.1 cm³/mol. The summed E-state index contributed by atoms with van der Waals surface area (Å²) in [5, 5.41) is 20.0. The second-order valence-electron chi connectivity index (χ2n) is 4.59. The van der Waals surface area contributed by atoms with E-state index in [2.05, 4.69) is 0 Å². The van der Waals surface area contributed by atoms with Crippen molar-refractivity contribution in [3.05, 3.63) is 65.7 Å². The van der Waals surface area contributed by atoms with E-state index < -0.39 is 5.97 Å². The lowest BCUT2D eigenvalue weighted by Crippen LogP contribution is -2.00. The fraction of sp³-hybridized carbons (Fsp3) is 0.0625. The number of aromatic carboxylic acids is 1. The maximum atomic E-state index is 11.3. The van der Waals surface area contributed by atoms with Crippen LogP contribution in [0.15, 0.2) is 54.6 Å². The number of aromatic nitrogens is 1. The van der Waals surface area contributed by atoms with Crippen LogP contribution in [0, 0.1) is 0 Å². The van der Waals surface area contributed by atoms with E-state index in [9.17, 15) is 15.0 Å².